The zero-order chi connectivity index (χ0) is 12.5. The average Bonchev–Trinajstić information content (AvgIpc) is 3.02. The summed E-state index contributed by atoms with van der Waals surface area (Å²) in [7, 11) is 0. The number of H-pyrrole nitrogens is 1. The predicted molar refractivity (Wildman–Crippen MR) is 64.3 cm³/mol. The smallest absolute Gasteiger partial charge is 0.323 e. The lowest BCUT2D eigenvalue weighted by Crippen LogP contribution is -2.32. The van der Waals surface area contributed by atoms with Gasteiger partial charge in [-0.15, -0.1) is 0 Å². The number of fused-ring (bicyclic) bond motifs is 1. The minimum atomic E-state index is -0.859. The third-order valence-corrected chi connectivity index (χ3v) is 3.00. The number of aromatic amines is 1. The van der Waals surface area contributed by atoms with Gasteiger partial charge in [0.15, 0.2) is 11.5 Å². The molecule has 0 bridgehead atoms. The van der Waals surface area contributed by atoms with Gasteiger partial charge < -0.3 is 15.0 Å². The topological polar surface area (TPSA) is 95.0 Å². The second-order valence-electron chi connectivity index (χ2n) is 4.52. The normalized spacial score (nSPS) is 14.9. The van der Waals surface area contributed by atoms with Crippen molar-refractivity contribution in [2.75, 3.05) is 18.0 Å². The van der Waals surface area contributed by atoms with E-state index in [1.54, 1.807) is 11.2 Å². The zero-order valence-corrected chi connectivity index (χ0v) is 9.70. The number of imidazole rings is 1. The third-order valence-electron chi connectivity index (χ3n) is 3.00. The molecule has 1 saturated carbocycles. The number of nitrogens with one attached hydrogen (secondary N) is 1. The molecule has 2 aromatic heterocycles. The number of carboxylic acid groups (broad SMARTS) is 1. The Bertz CT molecular complexity index is 578. The summed E-state index contributed by atoms with van der Waals surface area (Å²) in [6.45, 7) is 0.666. The second-order valence-corrected chi connectivity index (χ2v) is 4.52. The van der Waals surface area contributed by atoms with Crippen molar-refractivity contribution < 1.29 is 9.90 Å². The van der Waals surface area contributed by atoms with Crippen LogP contribution in [-0.2, 0) is 4.79 Å². The van der Waals surface area contributed by atoms with Crippen LogP contribution >= 0.6 is 0 Å². The molecule has 0 aromatic carbocycles. The maximum absolute atomic E-state index is 10.9. The highest BCUT2D eigenvalue weighted by Crippen LogP contribution is 2.31. The van der Waals surface area contributed by atoms with Crippen molar-refractivity contribution >= 4 is 23.0 Å². The summed E-state index contributed by atoms with van der Waals surface area (Å²) in [4.78, 5) is 28.0. The van der Waals surface area contributed by atoms with Crippen LogP contribution in [0.4, 0.5) is 5.82 Å². The zero-order valence-electron chi connectivity index (χ0n) is 9.70. The predicted octanol–water partition coefficient (Wildman–Crippen LogP) is 0.654. The van der Waals surface area contributed by atoms with Crippen molar-refractivity contribution in [1.29, 1.82) is 0 Å². The summed E-state index contributed by atoms with van der Waals surface area (Å²) in [6.07, 6.45) is 5.28. The monoisotopic (exact) mass is 247 g/mol. The summed E-state index contributed by atoms with van der Waals surface area (Å²) < 4.78 is 0. The Hall–Kier alpha value is -2.18. The molecule has 3 rings (SSSR count). The van der Waals surface area contributed by atoms with Gasteiger partial charge in [-0.25, -0.2) is 15.0 Å². The first-order chi connectivity index (χ1) is 8.74. The number of carbonyl (C=O) groups is 1. The van der Waals surface area contributed by atoms with Gasteiger partial charge in [0.2, 0.25) is 0 Å². The van der Waals surface area contributed by atoms with Crippen LogP contribution in [0.15, 0.2) is 12.7 Å². The summed E-state index contributed by atoms with van der Waals surface area (Å²) in [5.74, 6) is 0.339. The maximum atomic E-state index is 10.9. The first-order valence-corrected chi connectivity index (χ1v) is 5.85. The van der Waals surface area contributed by atoms with Gasteiger partial charge in [-0.3, -0.25) is 4.79 Å². The second kappa shape index (κ2) is 4.25. The minimum absolute atomic E-state index is 0.0539. The summed E-state index contributed by atoms with van der Waals surface area (Å²) in [5.41, 5.74) is 1.26. The molecule has 0 radical (unpaired) electrons. The van der Waals surface area contributed by atoms with Crippen LogP contribution in [0.5, 0.6) is 0 Å². The van der Waals surface area contributed by atoms with E-state index in [9.17, 15) is 4.79 Å². The number of aliphatic carboxylic acids is 1. The summed E-state index contributed by atoms with van der Waals surface area (Å²) >= 11 is 0. The van der Waals surface area contributed by atoms with Crippen LogP contribution in [-0.4, -0.2) is 44.1 Å². The van der Waals surface area contributed by atoms with Crippen molar-refractivity contribution in [3.05, 3.63) is 12.7 Å². The Labute approximate surface area is 103 Å². The van der Waals surface area contributed by atoms with E-state index < -0.39 is 5.97 Å². The Kier molecular flexibility index (Phi) is 2.58. The van der Waals surface area contributed by atoms with Crippen molar-refractivity contribution in [3.63, 3.8) is 0 Å². The summed E-state index contributed by atoms with van der Waals surface area (Å²) in [5, 5.41) is 8.99. The molecule has 0 aliphatic heterocycles. The lowest BCUT2D eigenvalue weighted by atomic mass is 10.3. The first-order valence-electron chi connectivity index (χ1n) is 5.85. The molecular weight excluding hydrogens is 234 g/mol. The van der Waals surface area contributed by atoms with Crippen LogP contribution in [0.2, 0.25) is 0 Å². The van der Waals surface area contributed by atoms with Gasteiger partial charge in [0.1, 0.15) is 18.4 Å². The van der Waals surface area contributed by atoms with Gasteiger partial charge in [-0.2, -0.15) is 0 Å². The highest BCUT2D eigenvalue weighted by atomic mass is 16.4. The molecule has 18 heavy (non-hydrogen) atoms. The Morgan fingerprint density at radius 3 is 3.00 bits per heavy atom. The molecule has 94 valence electrons. The molecule has 0 spiro atoms. The number of hydrogen-bond acceptors (Lipinski definition) is 5. The minimum Gasteiger partial charge on any atom is -0.480 e. The van der Waals surface area contributed by atoms with Gasteiger partial charge in [0.05, 0.1) is 6.33 Å². The molecule has 0 amide bonds. The van der Waals surface area contributed by atoms with E-state index in [0.717, 1.165) is 19.4 Å². The lowest BCUT2D eigenvalue weighted by Gasteiger charge is -2.21. The first kappa shape index (κ1) is 10.9. The number of rotatable bonds is 5. The fourth-order valence-corrected chi connectivity index (χ4v) is 1.99. The fourth-order valence-electron chi connectivity index (χ4n) is 1.99. The highest BCUT2D eigenvalue weighted by Gasteiger charge is 2.27. The Morgan fingerprint density at radius 2 is 2.28 bits per heavy atom. The molecule has 7 nitrogen and oxygen atoms in total. The van der Waals surface area contributed by atoms with Gasteiger partial charge in [-0.1, -0.05) is 0 Å². The van der Waals surface area contributed by atoms with Crippen LogP contribution in [0.25, 0.3) is 11.2 Å². The van der Waals surface area contributed by atoms with Crippen molar-refractivity contribution in [2.24, 2.45) is 5.92 Å². The van der Waals surface area contributed by atoms with Crippen LogP contribution in [0.3, 0.4) is 0 Å². The van der Waals surface area contributed by atoms with E-state index >= 15 is 0 Å². The number of anilines is 1. The number of aromatic nitrogens is 4. The Morgan fingerprint density at radius 1 is 1.44 bits per heavy atom. The van der Waals surface area contributed by atoms with Crippen molar-refractivity contribution in [3.8, 4) is 0 Å². The fraction of sp³-hybridized carbons (Fsp3) is 0.455. The van der Waals surface area contributed by atoms with Crippen LogP contribution < -0.4 is 4.90 Å². The molecule has 2 aromatic rings. The van der Waals surface area contributed by atoms with Gasteiger partial charge in [0, 0.05) is 6.54 Å². The van der Waals surface area contributed by atoms with E-state index in [1.807, 2.05) is 0 Å². The number of nitrogens with zero attached hydrogens (tertiary/aromatic N) is 4. The molecule has 2 N–H and O–H groups in total. The molecule has 7 heteroatoms. The van der Waals surface area contributed by atoms with Gasteiger partial charge in [-0.05, 0) is 18.8 Å². The van der Waals surface area contributed by atoms with E-state index in [1.165, 1.54) is 6.33 Å². The Balaban J connectivity index is 1.96. The molecule has 0 atom stereocenters. The average molecular weight is 247 g/mol. The van der Waals surface area contributed by atoms with Gasteiger partial charge >= 0.3 is 5.97 Å². The molecule has 1 aliphatic carbocycles. The SMILES string of the molecule is O=C(O)CN(CC1CC1)c1ncnc2nc[nH]c12. The van der Waals surface area contributed by atoms with E-state index in [4.69, 9.17) is 5.11 Å². The standard InChI is InChI=1S/C11H13N5O2/c17-8(18)4-16(3-7-1-2-7)11-9-10(13-5-12-9)14-6-15-11/h5-7H,1-4H2,(H,17,18)(H,12,13,14,15). The molecule has 2 heterocycles. The molecule has 1 fully saturated rings. The van der Waals surface area contributed by atoms with Crippen LogP contribution in [0, 0.1) is 5.92 Å². The maximum Gasteiger partial charge on any atom is 0.323 e. The van der Waals surface area contributed by atoms with Crippen molar-refractivity contribution in [2.45, 2.75) is 12.8 Å². The van der Waals surface area contributed by atoms with E-state index in [0.29, 0.717) is 22.9 Å². The summed E-state index contributed by atoms with van der Waals surface area (Å²) in [6, 6.07) is 0. The van der Waals surface area contributed by atoms with Crippen molar-refractivity contribution in [1.82, 2.24) is 19.9 Å². The molecule has 0 unspecified atom stereocenters. The third kappa shape index (κ3) is 2.11. The number of carboxylic acids is 1. The lowest BCUT2D eigenvalue weighted by molar-refractivity contribution is -0.135. The highest BCUT2D eigenvalue weighted by molar-refractivity contribution is 5.85. The number of hydrogen-bond donors (Lipinski definition) is 2. The van der Waals surface area contributed by atoms with Crippen LogP contribution in [0.1, 0.15) is 12.8 Å². The molecular formula is C11H13N5O2. The molecule has 0 saturated heterocycles. The largest absolute Gasteiger partial charge is 0.480 e. The quantitative estimate of drug-likeness (QED) is 0.805. The van der Waals surface area contributed by atoms with E-state index in [2.05, 4.69) is 19.9 Å². The molecule has 1 aliphatic rings. The van der Waals surface area contributed by atoms with E-state index in [-0.39, 0.29) is 6.54 Å². The van der Waals surface area contributed by atoms with Gasteiger partial charge in [0.25, 0.3) is 0 Å².